The summed E-state index contributed by atoms with van der Waals surface area (Å²) in [6.07, 6.45) is 0. The molecule has 0 bridgehead atoms. The predicted octanol–water partition coefficient (Wildman–Crippen LogP) is -4.15. The maximum absolute atomic E-state index is 10.7. The minimum Gasteiger partial charge on any atom is -0.548 e. The molecule has 1 aliphatic heterocycles. The molecule has 13 heavy (non-hydrogen) atoms. The molecule has 1 saturated heterocycles. The van der Waals surface area contributed by atoms with Gasteiger partial charge in [-0.25, -0.2) is 0 Å². The Labute approximate surface area is 101 Å². The maximum atomic E-state index is 10.7. The first-order valence-corrected chi connectivity index (χ1v) is 4.09. The summed E-state index contributed by atoms with van der Waals surface area (Å²) in [6.45, 7) is 5.87. The van der Waals surface area contributed by atoms with Crippen molar-refractivity contribution in [1.29, 1.82) is 0 Å². The van der Waals surface area contributed by atoms with Crippen molar-refractivity contribution in [2.24, 2.45) is 0 Å². The summed E-state index contributed by atoms with van der Waals surface area (Å²) in [6, 6.07) is 0. The van der Waals surface area contributed by atoms with E-state index in [1.807, 2.05) is 4.90 Å². The van der Waals surface area contributed by atoms with Crippen LogP contribution in [0, 0.1) is 0 Å². The minimum atomic E-state index is -1.02. The van der Waals surface area contributed by atoms with Gasteiger partial charge in [-0.2, -0.15) is 0 Å². The van der Waals surface area contributed by atoms with Crippen molar-refractivity contribution in [2.45, 2.75) is 19.4 Å². The summed E-state index contributed by atoms with van der Waals surface area (Å²) in [5.74, 6) is -1.02. The summed E-state index contributed by atoms with van der Waals surface area (Å²) in [5, 5.41) is 10.7. The van der Waals surface area contributed by atoms with Gasteiger partial charge in [-0.1, -0.05) is 0 Å². The third kappa shape index (κ3) is 3.22. The molecule has 0 aromatic heterocycles. The Balaban J connectivity index is 0.00000144. The number of rotatable bonds is 2. The van der Waals surface area contributed by atoms with Gasteiger partial charge in [0.05, 0.1) is 24.7 Å². The summed E-state index contributed by atoms with van der Waals surface area (Å²) in [5.41, 5.74) is -0.871. The molecule has 0 aliphatic carbocycles. The molecular formula is C8H14NNaO3. The van der Waals surface area contributed by atoms with E-state index in [0.29, 0.717) is 26.3 Å². The number of nitrogens with zero attached hydrogens (tertiary/aromatic N) is 1. The number of carbonyl (C=O) groups excluding carboxylic acids is 1. The number of hydrogen-bond donors (Lipinski definition) is 0. The zero-order valence-electron chi connectivity index (χ0n) is 8.50. The molecule has 1 aliphatic rings. The van der Waals surface area contributed by atoms with Gasteiger partial charge >= 0.3 is 29.6 Å². The Kier molecular flexibility index (Phi) is 5.47. The Hall–Kier alpha value is 0.390. The van der Waals surface area contributed by atoms with Crippen LogP contribution in [0.2, 0.25) is 0 Å². The normalized spacial score (nSPS) is 19.2. The molecule has 0 spiro atoms. The molecule has 70 valence electrons. The van der Waals surface area contributed by atoms with Crippen LogP contribution in [0.1, 0.15) is 13.8 Å². The third-order valence-corrected chi connectivity index (χ3v) is 2.30. The summed E-state index contributed by atoms with van der Waals surface area (Å²) >= 11 is 0. The first-order valence-electron chi connectivity index (χ1n) is 4.09. The Morgan fingerprint density at radius 2 is 1.85 bits per heavy atom. The molecule has 1 heterocycles. The average molecular weight is 195 g/mol. The van der Waals surface area contributed by atoms with Crippen molar-refractivity contribution >= 4 is 5.97 Å². The fourth-order valence-electron chi connectivity index (χ4n) is 1.25. The Bertz CT molecular complexity index is 178. The van der Waals surface area contributed by atoms with Gasteiger partial charge in [0, 0.05) is 13.1 Å². The van der Waals surface area contributed by atoms with E-state index in [1.165, 1.54) is 0 Å². The van der Waals surface area contributed by atoms with E-state index >= 15 is 0 Å². The SMILES string of the molecule is CC(C)(C(=O)[O-])N1CCOCC1.[Na+]. The van der Waals surface area contributed by atoms with Crippen LogP contribution in [0.25, 0.3) is 0 Å². The van der Waals surface area contributed by atoms with Crippen LogP contribution in [0.4, 0.5) is 0 Å². The monoisotopic (exact) mass is 195 g/mol. The van der Waals surface area contributed by atoms with Crippen LogP contribution < -0.4 is 34.7 Å². The molecule has 5 heteroatoms. The van der Waals surface area contributed by atoms with Gasteiger partial charge in [-0.05, 0) is 13.8 Å². The van der Waals surface area contributed by atoms with E-state index in [0.717, 1.165) is 0 Å². The van der Waals surface area contributed by atoms with Crippen LogP contribution in [-0.4, -0.2) is 42.7 Å². The number of carbonyl (C=O) groups is 1. The Morgan fingerprint density at radius 3 is 2.23 bits per heavy atom. The smallest absolute Gasteiger partial charge is 0.548 e. The zero-order valence-corrected chi connectivity index (χ0v) is 10.5. The largest absolute Gasteiger partial charge is 1.00 e. The molecule has 0 aromatic rings. The number of aliphatic carboxylic acids is 1. The molecule has 0 N–H and O–H groups in total. The van der Waals surface area contributed by atoms with Crippen LogP contribution in [-0.2, 0) is 9.53 Å². The van der Waals surface area contributed by atoms with E-state index in [2.05, 4.69) is 0 Å². The average Bonchev–Trinajstić information content (AvgIpc) is 2.06. The number of ether oxygens (including phenoxy) is 1. The molecule has 0 amide bonds. The zero-order chi connectivity index (χ0) is 9.19. The van der Waals surface area contributed by atoms with E-state index in [-0.39, 0.29) is 29.6 Å². The number of carboxylic acids is 1. The Morgan fingerprint density at radius 1 is 1.38 bits per heavy atom. The topological polar surface area (TPSA) is 52.6 Å². The molecule has 0 radical (unpaired) electrons. The predicted molar refractivity (Wildman–Crippen MR) is 41.5 cm³/mol. The van der Waals surface area contributed by atoms with E-state index in [4.69, 9.17) is 4.74 Å². The number of hydrogen-bond acceptors (Lipinski definition) is 4. The molecule has 4 nitrogen and oxygen atoms in total. The van der Waals surface area contributed by atoms with Gasteiger partial charge < -0.3 is 14.6 Å². The van der Waals surface area contributed by atoms with Gasteiger partial charge in [-0.15, -0.1) is 0 Å². The summed E-state index contributed by atoms with van der Waals surface area (Å²) < 4.78 is 5.12. The van der Waals surface area contributed by atoms with Crippen molar-refractivity contribution in [2.75, 3.05) is 26.3 Å². The van der Waals surface area contributed by atoms with Gasteiger partial charge in [-0.3, -0.25) is 4.90 Å². The van der Waals surface area contributed by atoms with Crippen LogP contribution >= 0.6 is 0 Å². The van der Waals surface area contributed by atoms with Crippen LogP contribution in [0.15, 0.2) is 0 Å². The number of carboxylic acid groups (broad SMARTS) is 1. The first kappa shape index (κ1) is 13.4. The van der Waals surface area contributed by atoms with Crippen LogP contribution in [0.3, 0.4) is 0 Å². The molecule has 0 saturated carbocycles. The molecule has 0 aromatic carbocycles. The number of morpholine rings is 1. The molecule has 1 fully saturated rings. The minimum absolute atomic E-state index is 0. The maximum Gasteiger partial charge on any atom is 1.00 e. The second kappa shape index (κ2) is 5.32. The van der Waals surface area contributed by atoms with Gasteiger partial charge in [0.15, 0.2) is 0 Å². The fraction of sp³-hybridized carbons (Fsp3) is 0.875. The molecular weight excluding hydrogens is 181 g/mol. The standard InChI is InChI=1S/C8H15NO3.Na/c1-8(2,7(10)11)9-3-5-12-6-4-9;/h3-6H2,1-2H3,(H,10,11);/q;+1/p-1. The first-order chi connectivity index (χ1) is 5.55. The molecule has 0 atom stereocenters. The van der Waals surface area contributed by atoms with Crippen molar-refractivity contribution in [3.8, 4) is 0 Å². The van der Waals surface area contributed by atoms with Crippen molar-refractivity contribution in [3.05, 3.63) is 0 Å². The van der Waals surface area contributed by atoms with Crippen molar-refractivity contribution in [3.63, 3.8) is 0 Å². The van der Waals surface area contributed by atoms with Gasteiger partial charge in [0.25, 0.3) is 0 Å². The van der Waals surface area contributed by atoms with Crippen molar-refractivity contribution in [1.82, 2.24) is 4.90 Å². The summed E-state index contributed by atoms with van der Waals surface area (Å²) in [7, 11) is 0. The second-order valence-corrected chi connectivity index (χ2v) is 3.45. The van der Waals surface area contributed by atoms with Crippen molar-refractivity contribution < 1.29 is 44.2 Å². The van der Waals surface area contributed by atoms with Crippen LogP contribution in [0.5, 0.6) is 0 Å². The van der Waals surface area contributed by atoms with E-state index in [9.17, 15) is 9.90 Å². The van der Waals surface area contributed by atoms with Gasteiger partial charge in [0.2, 0.25) is 0 Å². The van der Waals surface area contributed by atoms with Gasteiger partial charge in [0.1, 0.15) is 0 Å². The van der Waals surface area contributed by atoms with E-state index in [1.54, 1.807) is 13.8 Å². The quantitative estimate of drug-likeness (QED) is 0.420. The van der Waals surface area contributed by atoms with E-state index < -0.39 is 11.5 Å². The molecule has 1 rings (SSSR count). The molecule has 0 unspecified atom stereocenters. The summed E-state index contributed by atoms with van der Waals surface area (Å²) in [4.78, 5) is 12.6. The fourth-order valence-corrected chi connectivity index (χ4v) is 1.25. The second-order valence-electron chi connectivity index (χ2n) is 3.45. The third-order valence-electron chi connectivity index (χ3n) is 2.30.